The van der Waals surface area contributed by atoms with E-state index in [1.807, 2.05) is 6.92 Å². The molecule has 0 aliphatic heterocycles. The van der Waals surface area contributed by atoms with E-state index >= 15 is 0 Å². The minimum absolute atomic E-state index is 0.602. The maximum atomic E-state index is 4.58. The molecule has 1 aliphatic rings. The molecule has 0 bridgehead atoms. The summed E-state index contributed by atoms with van der Waals surface area (Å²) in [5, 5.41) is 17.3. The largest absolute Gasteiger partial charge is 0.377 e. The highest BCUT2D eigenvalue weighted by atomic mass is 32.1. The number of thiazole rings is 1. The van der Waals surface area contributed by atoms with Gasteiger partial charge < -0.3 is 5.32 Å². The van der Waals surface area contributed by atoms with Crippen LogP contribution in [0.2, 0.25) is 0 Å². The van der Waals surface area contributed by atoms with Gasteiger partial charge in [-0.2, -0.15) is 9.61 Å². The Bertz CT molecular complexity index is 801. The Morgan fingerprint density at radius 2 is 2.24 bits per heavy atom. The first-order valence-electron chi connectivity index (χ1n) is 7.08. The van der Waals surface area contributed by atoms with Gasteiger partial charge in [-0.3, -0.25) is 0 Å². The summed E-state index contributed by atoms with van der Waals surface area (Å²) in [6, 6.07) is 2.12. The van der Waals surface area contributed by atoms with Gasteiger partial charge in [-0.05, 0) is 32.8 Å². The summed E-state index contributed by atoms with van der Waals surface area (Å²) in [6.45, 7) is 4.85. The third-order valence-corrected chi connectivity index (χ3v) is 4.79. The molecule has 108 valence electrons. The Morgan fingerprint density at radius 3 is 2.95 bits per heavy atom. The van der Waals surface area contributed by atoms with Crippen LogP contribution in [0, 0.1) is 13.8 Å². The number of hydrogen-bond acceptors (Lipinski definition) is 6. The number of aromatic nitrogens is 5. The topological polar surface area (TPSA) is 68.0 Å². The van der Waals surface area contributed by atoms with Gasteiger partial charge in [0.1, 0.15) is 6.33 Å². The quantitative estimate of drug-likeness (QED) is 0.802. The van der Waals surface area contributed by atoms with Crippen LogP contribution in [0.5, 0.6) is 0 Å². The Labute approximate surface area is 126 Å². The molecular weight excluding hydrogens is 284 g/mol. The third-order valence-electron chi connectivity index (χ3n) is 3.72. The highest BCUT2D eigenvalue weighted by Crippen LogP contribution is 2.40. The number of anilines is 1. The normalized spacial score (nSPS) is 14.8. The van der Waals surface area contributed by atoms with Crippen molar-refractivity contribution in [3.8, 4) is 0 Å². The zero-order chi connectivity index (χ0) is 14.4. The number of rotatable bonds is 4. The zero-order valence-corrected chi connectivity index (χ0v) is 12.8. The lowest BCUT2D eigenvalue weighted by Gasteiger charge is -2.08. The summed E-state index contributed by atoms with van der Waals surface area (Å²) in [6.07, 6.45) is 4.12. The van der Waals surface area contributed by atoms with Crippen LogP contribution in [-0.4, -0.2) is 24.8 Å². The molecule has 6 nitrogen and oxygen atoms in total. The van der Waals surface area contributed by atoms with E-state index in [0.29, 0.717) is 5.92 Å². The fraction of sp³-hybridized carbons (Fsp3) is 0.429. The van der Waals surface area contributed by atoms with Crippen molar-refractivity contribution in [1.82, 2.24) is 24.8 Å². The monoisotopic (exact) mass is 300 g/mol. The van der Waals surface area contributed by atoms with Gasteiger partial charge in [0.15, 0.2) is 0 Å². The molecule has 0 aromatic carbocycles. The van der Waals surface area contributed by atoms with Gasteiger partial charge in [-0.15, -0.1) is 21.5 Å². The van der Waals surface area contributed by atoms with Crippen molar-refractivity contribution in [3.05, 3.63) is 33.7 Å². The molecule has 0 spiro atoms. The zero-order valence-electron chi connectivity index (χ0n) is 12.0. The molecule has 3 heterocycles. The van der Waals surface area contributed by atoms with Crippen LogP contribution in [0.1, 0.15) is 40.0 Å². The van der Waals surface area contributed by atoms with Gasteiger partial charge in [0.25, 0.3) is 0 Å². The van der Waals surface area contributed by atoms with Crippen molar-refractivity contribution in [2.45, 2.75) is 39.2 Å². The molecule has 4 rings (SSSR count). The predicted octanol–water partition coefficient (Wildman–Crippen LogP) is 2.69. The Balaban J connectivity index is 1.65. The molecule has 3 aromatic rings. The molecule has 1 aliphatic carbocycles. The van der Waals surface area contributed by atoms with Crippen molar-refractivity contribution >= 4 is 22.7 Å². The third kappa shape index (κ3) is 2.37. The van der Waals surface area contributed by atoms with Crippen molar-refractivity contribution in [2.24, 2.45) is 0 Å². The molecule has 7 heteroatoms. The number of aryl methyl sites for hydroxylation is 2. The van der Waals surface area contributed by atoms with Crippen molar-refractivity contribution < 1.29 is 0 Å². The van der Waals surface area contributed by atoms with Crippen LogP contribution in [-0.2, 0) is 6.54 Å². The summed E-state index contributed by atoms with van der Waals surface area (Å²) in [4.78, 5) is 5.72. The average molecular weight is 300 g/mol. The van der Waals surface area contributed by atoms with E-state index in [4.69, 9.17) is 0 Å². The summed E-state index contributed by atoms with van der Waals surface area (Å²) < 4.78 is 1.76. The highest BCUT2D eigenvalue weighted by molar-refractivity contribution is 7.11. The van der Waals surface area contributed by atoms with Crippen LogP contribution < -0.4 is 5.32 Å². The second-order valence-corrected chi connectivity index (χ2v) is 6.74. The fourth-order valence-electron chi connectivity index (χ4n) is 2.47. The Morgan fingerprint density at radius 1 is 1.38 bits per heavy atom. The number of nitrogens with one attached hydrogen (secondary N) is 1. The molecule has 0 atom stereocenters. The summed E-state index contributed by atoms with van der Waals surface area (Å²) in [5.41, 5.74) is 3.99. The van der Waals surface area contributed by atoms with E-state index in [1.165, 1.54) is 17.7 Å². The smallest absolute Gasteiger partial charge is 0.200 e. The van der Waals surface area contributed by atoms with Crippen LogP contribution in [0.15, 0.2) is 12.4 Å². The molecule has 1 saturated carbocycles. The maximum absolute atomic E-state index is 4.58. The molecule has 0 radical (unpaired) electrons. The first kappa shape index (κ1) is 12.7. The number of hydrogen-bond donors (Lipinski definition) is 1. The van der Waals surface area contributed by atoms with E-state index < -0.39 is 0 Å². The Kier molecular flexibility index (Phi) is 2.88. The molecular formula is C14H16N6S. The van der Waals surface area contributed by atoms with Crippen LogP contribution >= 0.6 is 11.3 Å². The molecule has 1 N–H and O–H groups in total. The SMILES string of the molecule is Cc1nc(C)c(CNc2cc(C3CC3)nn3cnnc23)s1. The molecule has 0 unspecified atom stereocenters. The van der Waals surface area contributed by atoms with Gasteiger partial charge >= 0.3 is 0 Å². The summed E-state index contributed by atoms with van der Waals surface area (Å²) in [7, 11) is 0. The van der Waals surface area contributed by atoms with Crippen LogP contribution in [0.3, 0.4) is 0 Å². The number of fused-ring (bicyclic) bond motifs is 1. The highest BCUT2D eigenvalue weighted by Gasteiger charge is 2.26. The standard InChI is InChI=1S/C14H16N6S/c1-8-13(21-9(2)17-8)6-15-12-5-11(10-3-4-10)19-20-7-16-18-14(12)20/h5,7,10,15H,3-4,6H2,1-2H3. The molecule has 3 aromatic heterocycles. The average Bonchev–Trinajstić information content (AvgIpc) is 3.11. The number of nitrogens with zero attached hydrogens (tertiary/aromatic N) is 5. The van der Waals surface area contributed by atoms with Crippen molar-refractivity contribution in [2.75, 3.05) is 5.32 Å². The van der Waals surface area contributed by atoms with E-state index in [1.54, 1.807) is 22.2 Å². The second kappa shape index (κ2) is 4.77. The lowest BCUT2D eigenvalue weighted by atomic mass is 10.2. The molecule has 0 saturated heterocycles. The van der Waals surface area contributed by atoms with Gasteiger partial charge in [0, 0.05) is 10.8 Å². The minimum atomic E-state index is 0.602. The first-order chi connectivity index (χ1) is 10.2. The van der Waals surface area contributed by atoms with Gasteiger partial charge in [0.2, 0.25) is 5.65 Å². The molecule has 1 fully saturated rings. The van der Waals surface area contributed by atoms with Gasteiger partial charge in [-0.1, -0.05) is 0 Å². The summed E-state index contributed by atoms with van der Waals surface area (Å²) in [5.74, 6) is 0.602. The summed E-state index contributed by atoms with van der Waals surface area (Å²) >= 11 is 1.73. The fourth-order valence-corrected chi connectivity index (χ4v) is 3.34. The molecule has 21 heavy (non-hydrogen) atoms. The maximum Gasteiger partial charge on any atom is 0.200 e. The predicted molar refractivity (Wildman–Crippen MR) is 81.7 cm³/mol. The van der Waals surface area contributed by atoms with Gasteiger partial charge in [0.05, 0.1) is 28.6 Å². The second-order valence-electron chi connectivity index (χ2n) is 5.45. The lowest BCUT2D eigenvalue weighted by Crippen LogP contribution is -2.05. The van der Waals surface area contributed by atoms with Crippen LogP contribution in [0.4, 0.5) is 5.69 Å². The lowest BCUT2D eigenvalue weighted by molar-refractivity contribution is 0.850. The van der Waals surface area contributed by atoms with E-state index in [9.17, 15) is 0 Å². The minimum Gasteiger partial charge on any atom is -0.377 e. The van der Waals surface area contributed by atoms with E-state index in [-0.39, 0.29) is 0 Å². The van der Waals surface area contributed by atoms with Gasteiger partial charge in [-0.25, -0.2) is 4.98 Å². The Hall–Kier alpha value is -2.02. The van der Waals surface area contributed by atoms with E-state index in [0.717, 1.165) is 34.3 Å². The first-order valence-corrected chi connectivity index (χ1v) is 7.90. The van der Waals surface area contributed by atoms with Crippen molar-refractivity contribution in [3.63, 3.8) is 0 Å². The van der Waals surface area contributed by atoms with E-state index in [2.05, 4.69) is 38.6 Å². The van der Waals surface area contributed by atoms with Crippen molar-refractivity contribution in [1.29, 1.82) is 0 Å². The molecule has 0 amide bonds. The van der Waals surface area contributed by atoms with Crippen LogP contribution in [0.25, 0.3) is 5.65 Å².